The van der Waals surface area contributed by atoms with Gasteiger partial charge in [0, 0.05) is 13.2 Å². The van der Waals surface area contributed by atoms with Gasteiger partial charge in [-0.25, -0.2) is 0 Å². The third-order valence-electron chi connectivity index (χ3n) is 3.00. The van der Waals surface area contributed by atoms with Crippen molar-refractivity contribution in [3.63, 3.8) is 0 Å². The second-order valence-electron chi connectivity index (χ2n) is 4.49. The first-order chi connectivity index (χ1) is 9.00. The summed E-state index contributed by atoms with van der Waals surface area (Å²) < 4.78 is 49.5. The minimum absolute atomic E-state index is 0.0654. The van der Waals surface area contributed by atoms with Crippen LogP contribution in [0.4, 0.5) is 13.2 Å². The maximum absolute atomic E-state index is 13.0. The van der Waals surface area contributed by atoms with Gasteiger partial charge >= 0.3 is 6.18 Å². The Kier molecular flexibility index (Phi) is 4.31. The summed E-state index contributed by atoms with van der Waals surface area (Å²) in [5, 5.41) is 0. The van der Waals surface area contributed by atoms with E-state index in [4.69, 9.17) is 15.2 Å². The van der Waals surface area contributed by atoms with Crippen LogP contribution in [0.3, 0.4) is 0 Å². The topological polar surface area (TPSA) is 44.5 Å². The molecule has 1 unspecified atom stereocenters. The molecular weight excluding hydrogens is 259 g/mol. The fourth-order valence-corrected chi connectivity index (χ4v) is 2.01. The average molecular weight is 275 g/mol. The maximum Gasteiger partial charge on any atom is 0.419 e. The zero-order chi connectivity index (χ0) is 13.9. The van der Waals surface area contributed by atoms with Crippen molar-refractivity contribution in [2.75, 3.05) is 13.2 Å². The Balaban J connectivity index is 2.23. The molecule has 0 bridgehead atoms. The molecule has 6 heteroatoms. The summed E-state index contributed by atoms with van der Waals surface area (Å²) in [6, 6.07) is 3.92. The Hall–Kier alpha value is -1.27. The van der Waals surface area contributed by atoms with Crippen molar-refractivity contribution >= 4 is 0 Å². The molecule has 1 heterocycles. The molecule has 2 rings (SSSR count). The molecule has 19 heavy (non-hydrogen) atoms. The molecule has 1 aliphatic rings. The summed E-state index contributed by atoms with van der Waals surface area (Å²) in [6.07, 6.45) is -3.27. The number of alkyl halides is 3. The fraction of sp³-hybridized carbons (Fsp3) is 0.538. The lowest BCUT2D eigenvalue weighted by Gasteiger charge is -2.25. The van der Waals surface area contributed by atoms with E-state index in [0.717, 1.165) is 12.5 Å². The van der Waals surface area contributed by atoms with E-state index in [-0.39, 0.29) is 18.4 Å². The minimum Gasteiger partial charge on any atom is -0.487 e. The third-order valence-corrected chi connectivity index (χ3v) is 3.00. The molecule has 3 nitrogen and oxygen atoms in total. The van der Waals surface area contributed by atoms with Crippen molar-refractivity contribution in [3.05, 3.63) is 29.3 Å². The summed E-state index contributed by atoms with van der Waals surface area (Å²) in [6.45, 7) is 1.03. The number of nitrogens with two attached hydrogens (primary N) is 1. The van der Waals surface area contributed by atoms with E-state index in [9.17, 15) is 13.2 Å². The quantitative estimate of drug-likeness (QED) is 0.922. The van der Waals surface area contributed by atoms with Gasteiger partial charge in [-0.2, -0.15) is 13.2 Å². The lowest BCUT2D eigenvalue weighted by atomic mass is 10.1. The lowest BCUT2D eigenvalue weighted by molar-refractivity contribution is -0.139. The van der Waals surface area contributed by atoms with Crippen LogP contribution in [0.2, 0.25) is 0 Å². The highest BCUT2D eigenvalue weighted by Gasteiger charge is 2.35. The van der Waals surface area contributed by atoms with Crippen LogP contribution in [-0.4, -0.2) is 19.3 Å². The van der Waals surface area contributed by atoms with Gasteiger partial charge in [-0.15, -0.1) is 0 Å². The zero-order valence-electron chi connectivity index (χ0n) is 10.4. The van der Waals surface area contributed by atoms with E-state index < -0.39 is 11.7 Å². The van der Waals surface area contributed by atoms with Crippen molar-refractivity contribution in [1.29, 1.82) is 0 Å². The Morgan fingerprint density at radius 2 is 2.16 bits per heavy atom. The Morgan fingerprint density at radius 3 is 2.74 bits per heavy atom. The molecule has 106 valence electrons. The van der Waals surface area contributed by atoms with Crippen molar-refractivity contribution in [2.45, 2.75) is 31.7 Å². The molecule has 1 aromatic carbocycles. The molecule has 1 atom stereocenters. The second-order valence-corrected chi connectivity index (χ2v) is 4.49. The first-order valence-corrected chi connectivity index (χ1v) is 6.15. The summed E-state index contributed by atoms with van der Waals surface area (Å²) >= 11 is 0. The molecule has 0 saturated carbocycles. The number of ether oxygens (including phenoxy) is 2. The van der Waals surface area contributed by atoms with Crippen molar-refractivity contribution in [3.8, 4) is 5.75 Å². The minimum atomic E-state index is -4.45. The molecule has 1 aliphatic heterocycles. The fourth-order valence-electron chi connectivity index (χ4n) is 2.01. The Morgan fingerprint density at radius 1 is 1.37 bits per heavy atom. The van der Waals surface area contributed by atoms with Gasteiger partial charge in [-0.05, 0) is 30.5 Å². The standard InChI is InChI=1S/C13H16F3NO2/c14-13(15,16)11-6-9(7-17)3-4-12(11)19-10-2-1-5-18-8-10/h3-4,6,10H,1-2,5,7-8,17H2. The van der Waals surface area contributed by atoms with Gasteiger partial charge in [0.25, 0.3) is 0 Å². The average Bonchev–Trinajstić information content (AvgIpc) is 2.39. The van der Waals surface area contributed by atoms with E-state index in [0.29, 0.717) is 25.2 Å². The van der Waals surface area contributed by atoms with Gasteiger partial charge < -0.3 is 15.2 Å². The van der Waals surface area contributed by atoms with Gasteiger partial charge in [-0.1, -0.05) is 6.07 Å². The van der Waals surface area contributed by atoms with Gasteiger partial charge in [0.1, 0.15) is 11.9 Å². The predicted octanol–water partition coefficient (Wildman–Crippen LogP) is 2.72. The van der Waals surface area contributed by atoms with E-state index >= 15 is 0 Å². The molecular formula is C13H16F3NO2. The first-order valence-electron chi connectivity index (χ1n) is 6.15. The predicted molar refractivity (Wildman–Crippen MR) is 63.8 cm³/mol. The lowest BCUT2D eigenvalue weighted by Crippen LogP contribution is -2.29. The maximum atomic E-state index is 13.0. The number of benzene rings is 1. The number of halogens is 3. The summed E-state index contributed by atoms with van der Waals surface area (Å²) in [5.74, 6) is -0.153. The monoisotopic (exact) mass is 275 g/mol. The van der Waals surface area contributed by atoms with Gasteiger partial charge in [0.2, 0.25) is 0 Å². The van der Waals surface area contributed by atoms with Crippen LogP contribution in [0.1, 0.15) is 24.0 Å². The van der Waals surface area contributed by atoms with Crippen LogP contribution >= 0.6 is 0 Å². The summed E-state index contributed by atoms with van der Waals surface area (Å²) in [7, 11) is 0. The first kappa shape index (κ1) is 14.1. The highest BCUT2D eigenvalue weighted by molar-refractivity contribution is 5.39. The zero-order valence-corrected chi connectivity index (χ0v) is 10.4. The molecule has 1 fully saturated rings. The molecule has 1 saturated heterocycles. The van der Waals surface area contributed by atoms with E-state index in [1.165, 1.54) is 6.07 Å². The highest BCUT2D eigenvalue weighted by Crippen LogP contribution is 2.37. The number of hydrogen-bond acceptors (Lipinski definition) is 3. The number of rotatable bonds is 3. The Labute approximate surface area is 109 Å². The molecule has 0 aromatic heterocycles. The van der Waals surface area contributed by atoms with Gasteiger partial charge in [0.15, 0.2) is 0 Å². The van der Waals surface area contributed by atoms with Crippen molar-refractivity contribution in [2.24, 2.45) is 5.73 Å². The third kappa shape index (κ3) is 3.61. The van der Waals surface area contributed by atoms with Crippen molar-refractivity contribution in [1.82, 2.24) is 0 Å². The van der Waals surface area contributed by atoms with Crippen LogP contribution in [0.25, 0.3) is 0 Å². The molecule has 0 aliphatic carbocycles. The molecule has 0 spiro atoms. The number of hydrogen-bond donors (Lipinski definition) is 1. The Bertz CT molecular complexity index is 428. The molecule has 0 radical (unpaired) electrons. The largest absolute Gasteiger partial charge is 0.487 e. The van der Waals surface area contributed by atoms with Crippen molar-refractivity contribution < 1.29 is 22.6 Å². The van der Waals surface area contributed by atoms with Crippen LogP contribution in [0.15, 0.2) is 18.2 Å². The van der Waals surface area contributed by atoms with Crippen LogP contribution in [0.5, 0.6) is 5.75 Å². The smallest absolute Gasteiger partial charge is 0.419 e. The summed E-state index contributed by atoms with van der Waals surface area (Å²) in [5.41, 5.74) is 5.02. The molecule has 0 amide bonds. The SMILES string of the molecule is NCc1ccc(OC2CCCOC2)c(C(F)(F)F)c1. The second kappa shape index (κ2) is 5.79. The van der Waals surface area contributed by atoms with E-state index in [1.807, 2.05) is 0 Å². The van der Waals surface area contributed by atoms with Crippen LogP contribution < -0.4 is 10.5 Å². The van der Waals surface area contributed by atoms with Crippen LogP contribution in [-0.2, 0) is 17.5 Å². The highest BCUT2D eigenvalue weighted by atomic mass is 19.4. The van der Waals surface area contributed by atoms with E-state index in [1.54, 1.807) is 6.07 Å². The summed E-state index contributed by atoms with van der Waals surface area (Å²) in [4.78, 5) is 0. The normalized spacial score (nSPS) is 20.3. The molecule has 1 aromatic rings. The van der Waals surface area contributed by atoms with Gasteiger partial charge in [-0.3, -0.25) is 0 Å². The van der Waals surface area contributed by atoms with Crippen LogP contribution in [0, 0.1) is 0 Å². The van der Waals surface area contributed by atoms with E-state index in [2.05, 4.69) is 0 Å². The van der Waals surface area contributed by atoms with Gasteiger partial charge in [0.05, 0.1) is 12.2 Å². The molecule has 2 N–H and O–H groups in total.